The molecule has 1 aromatic heterocycles. The van der Waals surface area contributed by atoms with E-state index in [4.69, 9.17) is 0 Å². The number of nitrogens with one attached hydrogen (secondary N) is 2. The van der Waals surface area contributed by atoms with Crippen LogP contribution in [0.2, 0.25) is 0 Å². The average Bonchev–Trinajstić information content (AvgIpc) is 3.42. The van der Waals surface area contributed by atoms with Gasteiger partial charge in [-0.05, 0) is 43.9 Å². The number of halogens is 1. The van der Waals surface area contributed by atoms with Crippen LogP contribution in [0.15, 0.2) is 60.8 Å². The predicted molar refractivity (Wildman–Crippen MR) is 124 cm³/mol. The molecule has 0 aliphatic carbocycles. The second-order valence-electron chi connectivity index (χ2n) is 8.35. The van der Waals surface area contributed by atoms with E-state index in [1.54, 1.807) is 23.5 Å². The Morgan fingerprint density at radius 1 is 1.22 bits per heavy atom. The lowest BCUT2D eigenvalue weighted by atomic mass is 9.85. The second-order valence-corrected chi connectivity index (χ2v) is 9.42. The summed E-state index contributed by atoms with van der Waals surface area (Å²) in [6, 6.07) is 16.1. The molecule has 2 aromatic carbocycles. The molecular formula is C25H26FN3O2S. The summed E-state index contributed by atoms with van der Waals surface area (Å²) in [5.41, 5.74) is 1.53. The molecule has 2 heterocycles. The SMILES string of the molecule is C[C@H](NC(=O)CC[C@]1(Cc2ccc(F)cc2)CCC(=O)N1)c1cnc(-c2ccccc2)s1. The standard InChI is InChI=1S/C25H26FN3O2S/c1-17(21-16-27-24(32-21)19-5-3-2-4-6-19)28-22(30)11-13-25(14-12-23(31)29-25)15-18-7-9-20(26)10-8-18/h2-10,16-17H,11-15H2,1H3,(H,28,30)(H,29,31)/t17-,25+/m0/s1. The van der Waals surface area contributed by atoms with Crippen LogP contribution >= 0.6 is 11.3 Å². The Labute approximate surface area is 191 Å². The van der Waals surface area contributed by atoms with E-state index in [0.29, 0.717) is 32.1 Å². The topological polar surface area (TPSA) is 71.1 Å². The van der Waals surface area contributed by atoms with Crippen LogP contribution in [0, 0.1) is 5.82 Å². The van der Waals surface area contributed by atoms with E-state index >= 15 is 0 Å². The molecule has 1 aliphatic rings. The van der Waals surface area contributed by atoms with Gasteiger partial charge in [-0.3, -0.25) is 9.59 Å². The van der Waals surface area contributed by atoms with Crippen LogP contribution in [0.4, 0.5) is 4.39 Å². The van der Waals surface area contributed by atoms with E-state index in [-0.39, 0.29) is 23.7 Å². The second kappa shape index (κ2) is 9.61. The van der Waals surface area contributed by atoms with Crippen LogP contribution < -0.4 is 10.6 Å². The number of hydrogen-bond donors (Lipinski definition) is 2. The third-order valence-electron chi connectivity index (χ3n) is 5.87. The third kappa shape index (κ3) is 5.40. The number of carbonyl (C=O) groups is 2. The van der Waals surface area contributed by atoms with Gasteiger partial charge in [-0.25, -0.2) is 9.37 Å². The quantitative estimate of drug-likeness (QED) is 0.517. The predicted octanol–water partition coefficient (Wildman–Crippen LogP) is 4.80. The summed E-state index contributed by atoms with van der Waals surface area (Å²) in [6.45, 7) is 1.95. The lowest BCUT2D eigenvalue weighted by molar-refractivity contribution is -0.123. The van der Waals surface area contributed by atoms with Gasteiger partial charge >= 0.3 is 0 Å². The van der Waals surface area contributed by atoms with E-state index in [9.17, 15) is 14.0 Å². The average molecular weight is 452 g/mol. The molecule has 3 aromatic rings. The largest absolute Gasteiger partial charge is 0.350 e. The van der Waals surface area contributed by atoms with Gasteiger partial charge in [-0.2, -0.15) is 0 Å². The highest BCUT2D eigenvalue weighted by Gasteiger charge is 2.38. The van der Waals surface area contributed by atoms with Gasteiger partial charge in [0, 0.05) is 35.0 Å². The molecule has 1 saturated heterocycles. The Balaban J connectivity index is 1.36. The van der Waals surface area contributed by atoms with Crippen LogP contribution in [0.5, 0.6) is 0 Å². The fourth-order valence-corrected chi connectivity index (χ4v) is 5.04. The van der Waals surface area contributed by atoms with Gasteiger partial charge in [0.1, 0.15) is 10.8 Å². The first-order chi connectivity index (χ1) is 15.4. The van der Waals surface area contributed by atoms with Crippen molar-refractivity contribution in [2.75, 3.05) is 0 Å². The van der Waals surface area contributed by atoms with Gasteiger partial charge in [0.2, 0.25) is 11.8 Å². The summed E-state index contributed by atoms with van der Waals surface area (Å²) in [4.78, 5) is 30.1. The van der Waals surface area contributed by atoms with Gasteiger partial charge in [-0.1, -0.05) is 42.5 Å². The Morgan fingerprint density at radius 2 is 1.97 bits per heavy atom. The molecule has 7 heteroatoms. The maximum atomic E-state index is 13.2. The van der Waals surface area contributed by atoms with E-state index in [2.05, 4.69) is 15.6 Å². The smallest absolute Gasteiger partial charge is 0.220 e. The Hall–Kier alpha value is -3.06. The van der Waals surface area contributed by atoms with Gasteiger partial charge in [0.15, 0.2) is 0 Å². The summed E-state index contributed by atoms with van der Waals surface area (Å²) >= 11 is 1.57. The zero-order chi connectivity index (χ0) is 22.6. The van der Waals surface area contributed by atoms with Gasteiger partial charge < -0.3 is 10.6 Å². The molecule has 0 saturated carbocycles. The summed E-state index contributed by atoms with van der Waals surface area (Å²) in [6.07, 6.45) is 4.34. The normalized spacial score (nSPS) is 18.9. The molecule has 0 radical (unpaired) electrons. The maximum absolute atomic E-state index is 13.2. The molecule has 5 nitrogen and oxygen atoms in total. The number of rotatable bonds is 8. The number of thiazole rings is 1. The van der Waals surface area contributed by atoms with Gasteiger partial charge in [-0.15, -0.1) is 11.3 Å². The van der Waals surface area contributed by atoms with Crippen LogP contribution in [-0.4, -0.2) is 22.3 Å². The number of carbonyl (C=O) groups excluding carboxylic acids is 2. The Bertz CT molecular complexity index is 1080. The molecule has 1 fully saturated rings. The maximum Gasteiger partial charge on any atom is 0.220 e. The summed E-state index contributed by atoms with van der Waals surface area (Å²) in [5, 5.41) is 7.05. The fourth-order valence-electron chi connectivity index (χ4n) is 4.11. The number of amides is 2. The Morgan fingerprint density at radius 3 is 2.66 bits per heavy atom. The minimum atomic E-state index is -0.472. The molecule has 1 aliphatic heterocycles. The van der Waals surface area contributed by atoms with E-state index in [1.807, 2.05) is 43.5 Å². The van der Waals surface area contributed by atoms with Crippen molar-refractivity contribution in [2.45, 2.75) is 50.6 Å². The zero-order valence-electron chi connectivity index (χ0n) is 17.9. The molecule has 0 spiro atoms. The van der Waals surface area contributed by atoms with Crippen LogP contribution in [-0.2, 0) is 16.0 Å². The third-order valence-corrected chi connectivity index (χ3v) is 7.10. The molecule has 2 atom stereocenters. The highest BCUT2D eigenvalue weighted by molar-refractivity contribution is 7.15. The van der Waals surface area contributed by atoms with Crippen molar-refractivity contribution in [3.63, 3.8) is 0 Å². The van der Waals surface area contributed by atoms with Crippen molar-refractivity contribution >= 4 is 23.2 Å². The van der Waals surface area contributed by atoms with Crippen molar-refractivity contribution < 1.29 is 14.0 Å². The van der Waals surface area contributed by atoms with Crippen LogP contribution in [0.3, 0.4) is 0 Å². The zero-order valence-corrected chi connectivity index (χ0v) is 18.8. The molecule has 2 amide bonds. The number of aromatic nitrogens is 1. The number of nitrogens with zero attached hydrogens (tertiary/aromatic N) is 1. The minimum absolute atomic E-state index is 0.000936. The lowest BCUT2D eigenvalue weighted by Gasteiger charge is -2.29. The van der Waals surface area contributed by atoms with E-state index in [1.165, 1.54) is 12.1 Å². The van der Waals surface area contributed by atoms with Crippen molar-refractivity contribution in [3.8, 4) is 10.6 Å². The van der Waals surface area contributed by atoms with Gasteiger partial charge in [0.25, 0.3) is 0 Å². The number of benzene rings is 2. The van der Waals surface area contributed by atoms with Crippen LogP contribution in [0.1, 0.15) is 49.1 Å². The van der Waals surface area contributed by atoms with Crippen molar-refractivity contribution in [3.05, 3.63) is 77.1 Å². The first-order valence-electron chi connectivity index (χ1n) is 10.8. The summed E-state index contributed by atoms with van der Waals surface area (Å²) in [7, 11) is 0. The summed E-state index contributed by atoms with van der Waals surface area (Å²) in [5.74, 6) is -0.351. The number of hydrogen-bond acceptors (Lipinski definition) is 4. The molecule has 4 rings (SSSR count). The molecular weight excluding hydrogens is 425 g/mol. The first-order valence-corrected chi connectivity index (χ1v) is 11.6. The van der Waals surface area contributed by atoms with Crippen molar-refractivity contribution in [1.29, 1.82) is 0 Å². The van der Waals surface area contributed by atoms with E-state index < -0.39 is 5.54 Å². The van der Waals surface area contributed by atoms with Crippen LogP contribution in [0.25, 0.3) is 10.6 Å². The highest BCUT2D eigenvalue weighted by Crippen LogP contribution is 2.31. The highest BCUT2D eigenvalue weighted by atomic mass is 32.1. The van der Waals surface area contributed by atoms with Gasteiger partial charge in [0.05, 0.1) is 6.04 Å². The lowest BCUT2D eigenvalue weighted by Crippen LogP contribution is -2.44. The first kappa shape index (κ1) is 22.1. The molecule has 2 N–H and O–H groups in total. The molecule has 0 unspecified atom stereocenters. The fraction of sp³-hybridized carbons (Fsp3) is 0.320. The van der Waals surface area contributed by atoms with Crippen molar-refractivity contribution in [1.82, 2.24) is 15.6 Å². The summed E-state index contributed by atoms with van der Waals surface area (Å²) < 4.78 is 13.2. The molecule has 32 heavy (non-hydrogen) atoms. The molecule has 166 valence electrons. The Kier molecular flexibility index (Phi) is 6.65. The monoisotopic (exact) mass is 451 g/mol. The van der Waals surface area contributed by atoms with E-state index in [0.717, 1.165) is 21.0 Å². The van der Waals surface area contributed by atoms with Crippen molar-refractivity contribution in [2.24, 2.45) is 0 Å². The minimum Gasteiger partial charge on any atom is -0.350 e. The molecule has 0 bridgehead atoms.